The van der Waals surface area contributed by atoms with Crippen LogP contribution in [0.25, 0.3) is 11.3 Å². The Morgan fingerprint density at radius 1 is 1.11 bits per heavy atom. The average Bonchev–Trinajstić information content (AvgIpc) is 3.25. The second-order valence-corrected chi connectivity index (χ2v) is 7.37. The molecular formula is C20H18FNO4S. The van der Waals surface area contributed by atoms with Crippen molar-refractivity contribution in [2.24, 2.45) is 0 Å². The predicted octanol–water partition coefficient (Wildman–Crippen LogP) is 4.87. The van der Waals surface area contributed by atoms with E-state index in [0.29, 0.717) is 21.9 Å². The van der Waals surface area contributed by atoms with Gasteiger partial charge in [-0.15, -0.1) is 11.3 Å². The van der Waals surface area contributed by atoms with E-state index in [9.17, 15) is 14.0 Å². The fourth-order valence-corrected chi connectivity index (χ4v) is 3.35. The van der Waals surface area contributed by atoms with Gasteiger partial charge in [0.1, 0.15) is 18.1 Å². The zero-order valence-corrected chi connectivity index (χ0v) is 15.8. The molecule has 2 heterocycles. The number of ketones is 1. The van der Waals surface area contributed by atoms with Crippen LogP contribution in [0.15, 0.2) is 40.9 Å². The van der Waals surface area contributed by atoms with Crippen molar-refractivity contribution in [2.75, 3.05) is 0 Å². The van der Waals surface area contributed by atoms with Gasteiger partial charge >= 0.3 is 5.97 Å². The molecule has 0 fully saturated rings. The van der Waals surface area contributed by atoms with Crippen LogP contribution < -0.4 is 0 Å². The Kier molecular flexibility index (Phi) is 5.81. The lowest BCUT2D eigenvalue weighted by molar-refractivity contribution is -0.145. The molecule has 0 aliphatic heterocycles. The van der Waals surface area contributed by atoms with Gasteiger partial charge < -0.3 is 9.26 Å². The van der Waals surface area contributed by atoms with E-state index in [4.69, 9.17) is 9.26 Å². The number of nitrogens with zero attached hydrogens (tertiary/aromatic N) is 1. The third-order valence-corrected chi connectivity index (χ3v) is 5.11. The molecule has 0 saturated carbocycles. The highest BCUT2D eigenvalue weighted by Crippen LogP contribution is 2.26. The maximum Gasteiger partial charge on any atom is 0.306 e. The van der Waals surface area contributed by atoms with Gasteiger partial charge in [0, 0.05) is 22.4 Å². The van der Waals surface area contributed by atoms with Gasteiger partial charge in [-0.3, -0.25) is 9.59 Å². The minimum atomic E-state index is -0.470. The summed E-state index contributed by atoms with van der Waals surface area (Å²) in [5.74, 6) is -0.370. The number of rotatable bonds is 7. The predicted molar refractivity (Wildman–Crippen MR) is 99.1 cm³/mol. The van der Waals surface area contributed by atoms with Crippen molar-refractivity contribution in [1.29, 1.82) is 0 Å². The van der Waals surface area contributed by atoms with Crippen molar-refractivity contribution in [3.63, 3.8) is 0 Å². The SMILES string of the molecule is Cc1ccc(C(=O)CCC(=O)OCc2noc(-c3ccc(F)cc3)c2C)s1. The molecule has 0 aliphatic carbocycles. The smallest absolute Gasteiger partial charge is 0.306 e. The second-order valence-electron chi connectivity index (χ2n) is 6.08. The Hall–Kier alpha value is -2.80. The molecular weight excluding hydrogens is 369 g/mol. The number of thiophene rings is 1. The van der Waals surface area contributed by atoms with E-state index >= 15 is 0 Å². The summed E-state index contributed by atoms with van der Waals surface area (Å²) in [6.07, 6.45) is 0.120. The fourth-order valence-electron chi connectivity index (χ4n) is 2.52. The number of halogens is 1. The summed E-state index contributed by atoms with van der Waals surface area (Å²) in [6, 6.07) is 9.50. The quantitative estimate of drug-likeness (QED) is 0.427. The van der Waals surface area contributed by atoms with Crippen molar-refractivity contribution < 1.29 is 23.2 Å². The van der Waals surface area contributed by atoms with Crippen LogP contribution in [0.5, 0.6) is 0 Å². The lowest BCUT2D eigenvalue weighted by Gasteiger charge is -2.03. The third-order valence-electron chi connectivity index (χ3n) is 4.07. The molecule has 0 amide bonds. The highest BCUT2D eigenvalue weighted by atomic mass is 32.1. The molecule has 0 aliphatic rings. The molecule has 7 heteroatoms. The van der Waals surface area contributed by atoms with Crippen LogP contribution in [0.2, 0.25) is 0 Å². The number of esters is 1. The summed E-state index contributed by atoms with van der Waals surface area (Å²) in [4.78, 5) is 25.6. The monoisotopic (exact) mass is 387 g/mol. The van der Waals surface area contributed by atoms with Gasteiger partial charge in [0.2, 0.25) is 0 Å². The van der Waals surface area contributed by atoms with Crippen LogP contribution in [-0.2, 0) is 16.1 Å². The number of Topliss-reactive ketones (excluding diaryl/α,β-unsaturated/α-hetero) is 1. The van der Waals surface area contributed by atoms with E-state index < -0.39 is 5.97 Å². The van der Waals surface area contributed by atoms with Crippen LogP contribution in [0.4, 0.5) is 4.39 Å². The molecule has 3 rings (SSSR count). The van der Waals surface area contributed by atoms with Crippen molar-refractivity contribution in [3.8, 4) is 11.3 Å². The Balaban J connectivity index is 1.53. The molecule has 140 valence electrons. The van der Waals surface area contributed by atoms with Crippen LogP contribution in [0, 0.1) is 19.7 Å². The summed E-state index contributed by atoms with van der Waals surface area (Å²) in [5, 5.41) is 3.92. The van der Waals surface area contributed by atoms with E-state index in [2.05, 4.69) is 5.16 Å². The largest absolute Gasteiger partial charge is 0.459 e. The standard InChI is InChI=1S/C20H18FNO4S/c1-12-3-9-18(27-12)17(23)8-10-19(24)25-11-16-13(2)20(26-22-16)14-4-6-15(21)7-5-14/h3-7,9H,8,10-11H2,1-2H3. The first kappa shape index (κ1) is 19.0. The van der Waals surface area contributed by atoms with Gasteiger partial charge in [0.15, 0.2) is 11.5 Å². The molecule has 0 radical (unpaired) electrons. The van der Waals surface area contributed by atoms with Crippen LogP contribution in [0.3, 0.4) is 0 Å². The number of ether oxygens (including phenoxy) is 1. The highest BCUT2D eigenvalue weighted by Gasteiger charge is 2.16. The summed E-state index contributed by atoms with van der Waals surface area (Å²) in [6.45, 7) is 3.68. The number of benzene rings is 1. The van der Waals surface area contributed by atoms with Gasteiger partial charge in [0.05, 0.1) is 11.3 Å². The summed E-state index contributed by atoms with van der Waals surface area (Å²) in [5.41, 5.74) is 1.90. The van der Waals surface area contributed by atoms with E-state index in [1.165, 1.54) is 23.5 Å². The molecule has 1 aromatic carbocycles. The fraction of sp³-hybridized carbons (Fsp3) is 0.250. The van der Waals surface area contributed by atoms with Crippen LogP contribution >= 0.6 is 11.3 Å². The number of hydrogen-bond donors (Lipinski definition) is 0. The van der Waals surface area contributed by atoms with Gasteiger partial charge in [-0.05, 0) is 50.2 Å². The molecule has 3 aromatic rings. The third kappa shape index (κ3) is 4.68. The Bertz CT molecular complexity index is 959. The second kappa shape index (κ2) is 8.26. The van der Waals surface area contributed by atoms with Gasteiger partial charge in [0.25, 0.3) is 0 Å². The molecule has 0 saturated heterocycles. The lowest BCUT2D eigenvalue weighted by atomic mass is 10.1. The summed E-state index contributed by atoms with van der Waals surface area (Å²) >= 11 is 1.41. The normalized spacial score (nSPS) is 10.8. The molecule has 0 bridgehead atoms. The number of aromatic nitrogens is 1. The number of aryl methyl sites for hydroxylation is 1. The first-order valence-corrected chi connectivity index (χ1v) is 9.22. The minimum Gasteiger partial charge on any atom is -0.459 e. The van der Waals surface area contributed by atoms with Gasteiger partial charge in [-0.1, -0.05) is 5.16 Å². The molecule has 5 nitrogen and oxygen atoms in total. The number of carbonyl (C=O) groups is 2. The van der Waals surface area contributed by atoms with Crippen molar-refractivity contribution in [1.82, 2.24) is 5.16 Å². The van der Waals surface area contributed by atoms with E-state index in [1.54, 1.807) is 25.1 Å². The molecule has 0 spiro atoms. The first-order valence-electron chi connectivity index (χ1n) is 8.40. The molecule has 0 N–H and O–H groups in total. The van der Waals surface area contributed by atoms with Gasteiger partial charge in [-0.25, -0.2) is 4.39 Å². The van der Waals surface area contributed by atoms with Crippen molar-refractivity contribution in [3.05, 3.63) is 63.2 Å². The molecule has 0 unspecified atom stereocenters. The van der Waals surface area contributed by atoms with Crippen molar-refractivity contribution in [2.45, 2.75) is 33.3 Å². The molecule has 0 atom stereocenters. The van der Waals surface area contributed by atoms with Gasteiger partial charge in [-0.2, -0.15) is 0 Å². The first-order chi connectivity index (χ1) is 12.9. The number of carbonyl (C=O) groups excluding carboxylic acids is 2. The van der Waals surface area contributed by atoms with Crippen LogP contribution in [0.1, 0.15) is 38.6 Å². The molecule has 27 heavy (non-hydrogen) atoms. The highest BCUT2D eigenvalue weighted by molar-refractivity contribution is 7.14. The summed E-state index contributed by atoms with van der Waals surface area (Å²) < 4.78 is 23.5. The number of hydrogen-bond acceptors (Lipinski definition) is 6. The Labute approximate surface area is 159 Å². The maximum atomic E-state index is 13.0. The average molecular weight is 387 g/mol. The van der Waals surface area contributed by atoms with E-state index in [-0.39, 0.29) is 31.0 Å². The Morgan fingerprint density at radius 3 is 2.52 bits per heavy atom. The zero-order valence-electron chi connectivity index (χ0n) is 15.0. The lowest BCUT2D eigenvalue weighted by Crippen LogP contribution is -2.08. The maximum absolute atomic E-state index is 13.0. The summed E-state index contributed by atoms with van der Waals surface area (Å²) in [7, 11) is 0. The zero-order chi connectivity index (χ0) is 19.4. The Morgan fingerprint density at radius 2 is 1.85 bits per heavy atom. The topological polar surface area (TPSA) is 69.4 Å². The molecule has 2 aromatic heterocycles. The van der Waals surface area contributed by atoms with Crippen LogP contribution in [-0.4, -0.2) is 16.9 Å². The van der Waals surface area contributed by atoms with E-state index in [1.807, 2.05) is 13.0 Å². The minimum absolute atomic E-state index is 0.0114. The van der Waals surface area contributed by atoms with E-state index in [0.717, 1.165) is 10.4 Å². The van der Waals surface area contributed by atoms with Crippen molar-refractivity contribution >= 4 is 23.1 Å².